The van der Waals surface area contributed by atoms with E-state index in [1.807, 2.05) is 18.2 Å². The second-order valence-electron chi connectivity index (χ2n) is 6.15. The summed E-state index contributed by atoms with van der Waals surface area (Å²) in [7, 11) is 0. The molecule has 3 N–H and O–H groups in total. The summed E-state index contributed by atoms with van der Waals surface area (Å²) >= 11 is 7.29. The first-order valence-corrected chi connectivity index (χ1v) is 9.93. The molecule has 0 bridgehead atoms. The van der Waals surface area contributed by atoms with Gasteiger partial charge in [0.2, 0.25) is 11.8 Å². The van der Waals surface area contributed by atoms with Crippen molar-refractivity contribution < 1.29 is 14.3 Å². The van der Waals surface area contributed by atoms with Gasteiger partial charge in [-0.1, -0.05) is 30.3 Å². The van der Waals surface area contributed by atoms with Crippen molar-refractivity contribution in [2.24, 2.45) is 5.73 Å². The topological polar surface area (TPSA) is 84.7 Å². The molecule has 2 rings (SSSR count). The molecule has 1 aliphatic rings. The molecule has 6 nitrogen and oxygen atoms in total. The van der Waals surface area contributed by atoms with Gasteiger partial charge in [-0.3, -0.25) is 14.5 Å². The SMILES string of the molecule is C=C(/C=C\C(N)=O)SCC(=O)NC[C@H]1CN(Cc2cccc(Cl)c2)CCO1. The third kappa shape index (κ3) is 8.62. The molecule has 1 fully saturated rings. The first kappa shape index (κ1) is 21.5. The van der Waals surface area contributed by atoms with E-state index >= 15 is 0 Å². The van der Waals surface area contributed by atoms with Crippen LogP contribution in [-0.2, 0) is 20.9 Å². The van der Waals surface area contributed by atoms with E-state index in [4.69, 9.17) is 22.1 Å². The highest BCUT2D eigenvalue weighted by Gasteiger charge is 2.21. The fraction of sp³-hybridized carbons (Fsp3) is 0.368. The molecule has 0 unspecified atom stereocenters. The maximum absolute atomic E-state index is 12.0. The van der Waals surface area contributed by atoms with Crippen LogP contribution >= 0.6 is 23.4 Å². The Hall–Kier alpha value is -1.80. The molecule has 0 aromatic heterocycles. The number of benzene rings is 1. The number of thioether (sulfide) groups is 1. The average Bonchev–Trinajstić information content (AvgIpc) is 2.63. The number of hydrogen-bond acceptors (Lipinski definition) is 5. The van der Waals surface area contributed by atoms with Crippen LogP contribution in [0.25, 0.3) is 0 Å². The summed E-state index contributed by atoms with van der Waals surface area (Å²) < 4.78 is 5.74. The Kier molecular flexibility index (Phi) is 8.87. The minimum atomic E-state index is -0.544. The molecular weight excluding hydrogens is 386 g/mol. The fourth-order valence-corrected chi connectivity index (χ4v) is 3.40. The van der Waals surface area contributed by atoms with Crippen molar-refractivity contribution in [1.29, 1.82) is 0 Å². The van der Waals surface area contributed by atoms with Gasteiger partial charge in [-0.2, -0.15) is 0 Å². The van der Waals surface area contributed by atoms with Gasteiger partial charge in [0.1, 0.15) is 0 Å². The lowest BCUT2D eigenvalue weighted by Gasteiger charge is -2.33. The molecule has 146 valence electrons. The number of hydrogen-bond donors (Lipinski definition) is 2. The standard InChI is InChI=1S/C19H24ClN3O3S/c1-14(5-6-18(21)24)27-13-19(25)22-10-17-12-23(7-8-26-17)11-15-3-2-4-16(20)9-15/h2-6,9,17H,1,7-8,10-13H2,(H2,21,24)(H,22,25)/b6-5-/t17-/m0/s1. The zero-order chi connectivity index (χ0) is 19.6. The zero-order valence-corrected chi connectivity index (χ0v) is 16.6. The number of halogens is 1. The van der Waals surface area contributed by atoms with E-state index in [1.54, 1.807) is 0 Å². The molecule has 1 saturated heterocycles. The van der Waals surface area contributed by atoms with E-state index in [0.29, 0.717) is 18.1 Å². The summed E-state index contributed by atoms with van der Waals surface area (Å²) in [5.74, 6) is -0.428. The largest absolute Gasteiger partial charge is 0.374 e. The molecule has 0 spiro atoms. The Morgan fingerprint density at radius 1 is 1.44 bits per heavy atom. The summed E-state index contributed by atoms with van der Waals surface area (Å²) in [5.41, 5.74) is 6.17. The normalized spacial score (nSPS) is 17.7. The molecule has 0 aliphatic carbocycles. The van der Waals surface area contributed by atoms with Crippen molar-refractivity contribution in [3.05, 3.63) is 58.5 Å². The number of rotatable bonds is 9. The highest BCUT2D eigenvalue weighted by molar-refractivity contribution is 8.03. The number of carbonyl (C=O) groups is 2. The second-order valence-corrected chi connectivity index (χ2v) is 7.69. The summed E-state index contributed by atoms with van der Waals surface area (Å²) in [6, 6.07) is 7.82. The highest BCUT2D eigenvalue weighted by Crippen LogP contribution is 2.15. The Balaban J connectivity index is 1.70. The molecule has 27 heavy (non-hydrogen) atoms. The number of amides is 2. The number of morpholine rings is 1. The number of nitrogens with zero attached hydrogens (tertiary/aromatic N) is 1. The van der Waals surface area contributed by atoms with Crippen LogP contribution in [0, 0.1) is 0 Å². The van der Waals surface area contributed by atoms with E-state index < -0.39 is 5.91 Å². The molecule has 1 atom stereocenters. The maximum atomic E-state index is 12.0. The van der Waals surface area contributed by atoms with Crippen molar-refractivity contribution in [3.8, 4) is 0 Å². The number of carbonyl (C=O) groups excluding carboxylic acids is 2. The fourth-order valence-electron chi connectivity index (χ4n) is 2.60. The second kappa shape index (κ2) is 11.1. The van der Waals surface area contributed by atoms with E-state index in [9.17, 15) is 9.59 Å². The number of nitrogens with two attached hydrogens (primary N) is 1. The van der Waals surface area contributed by atoms with Crippen LogP contribution in [0.1, 0.15) is 5.56 Å². The molecule has 1 aliphatic heterocycles. The third-order valence-corrected chi connectivity index (χ3v) is 5.02. The highest BCUT2D eigenvalue weighted by atomic mass is 35.5. The summed E-state index contributed by atoms with van der Waals surface area (Å²) in [4.78, 5) is 25.5. The number of allylic oxidation sites excluding steroid dienone is 1. The predicted octanol–water partition coefficient (Wildman–Crippen LogP) is 1.95. The van der Waals surface area contributed by atoms with Gasteiger partial charge in [-0.25, -0.2) is 0 Å². The van der Waals surface area contributed by atoms with Crippen molar-refractivity contribution >= 4 is 35.2 Å². The number of nitrogens with one attached hydrogen (secondary N) is 1. The molecule has 0 saturated carbocycles. The van der Waals surface area contributed by atoms with Gasteiger partial charge in [-0.15, -0.1) is 11.8 Å². The molecule has 8 heteroatoms. The predicted molar refractivity (Wildman–Crippen MR) is 109 cm³/mol. The number of ether oxygens (including phenoxy) is 1. The van der Waals surface area contributed by atoms with E-state index in [-0.39, 0.29) is 17.8 Å². The van der Waals surface area contributed by atoms with Gasteiger partial charge in [0, 0.05) is 42.2 Å². The van der Waals surface area contributed by atoms with Crippen LogP contribution in [0.4, 0.5) is 0 Å². The van der Waals surface area contributed by atoms with Crippen molar-refractivity contribution in [1.82, 2.24) is 10.2 Å². The lowest BCUT2D eigenvalue weighted by atomic mass is 10.2. The third-order valence-electron chi connectivity index (χ3n) is 3.87. The summed E-state index contributed by atoms with van der Waals surface area (Å²) in [6.07, 6.45) is 2.67. The van der Waals surface area contributed by atoms with Gasteiger partial charge in [0.15, 0.2) is 0 Å². The average molecular weight is 410 g/mol. The van der Waals surface area contributed by atoms with E-state index in [1.165, 1.54) is 23.9 Å². The Morgan fingerprint density at radius 3 is 3.00 bits per heavy atom. The monoisotopic (exact) mass is 409 g/mol. The van der Waals surface area contributed by atoms with Crippen molar-refractivity contribution in [2.75, 3.05) is 32.0 Å². The summed E-state index contributed by atoms with van der Waals surface area (Å²) in [5, 5.41) is 3.61. The Labute approximate surface area is 168 Å². The van der Waals surface area contributed by atoms with Crippen LogP contribution in [-0.4, -0.2) is 54.8 Å². The molecule has 0 radical (unpaired) electrons. The molecule has 1 aromatic carbocycles. The van der Waals surface area contributed by atoms with Crippen LogP contribution < -0.4 is 11.1 Å². The molecule has 1 heterocycles. The van der Waals surface area contributed by atoms with Gasteiger partial charge < -0.3 is 15.8 Å². The Morgan fingerprint density at radius 2 is 2.26 bits per heavy atom. The Bertz CT molecular complexity index is 711. The number of primary amides is 1. The summed E-state index contributed by atoms with van der Waals surface area (Å²) in [6.45, 7) is 7.23. The van der Waals surface area contributed by atoms with Crippen molar-refractivity contribution in [2.45, 2.75) is 12.6 Å². The zero-order valence-electron chi connectivity index (χ0n) is 15.0. The quantitative estimate of drug-likeness (QED) is 0.481. The molecular formula is C19H24ClN3O3S. The van der Waals surface area contributed by atoms with Crippen molar-refractivity contribution in [3.63, 3.8) is 0 Å². The molecule has 1 aromatic rings. The minimum absolute atomic E-state index is 0.0511. The lowest BCUT2D eigenvalue weighted by molar-refractivity contribution is -0.119. The first-order valence-electron chi connectivity index (χ1n) is 8.56. The van der Waals surface area contributed by atoms with Crippen LogP contribution in [0.15, 0.2) is 47.9 Å². The van der Waals surface area contributed by atoms with Crippen LogP contribution in [0.3, 0.4) is 0 Å². The first-order chi connectivity index (χ1) is 12.9. The maximum Gasteiger partial charge on any atom is 0.241 e. The lowest BCUT2D eigenvalue weighted by Crippen LogP contribution is -2.47. The van der Waals surface area contributed by atoms with E-state index in [0.717, 1.165) is 30.2 Å². The van der Waals surface area contributed by atoms with Crippen LogP contribution in [0.5, 0.6) is 0 Å². The smallest absolute Gasteiger partial charge is 0.241 e. The van der Waals surface area contributed by atoms with Gasteiger partial charge in [0.05, 0.1) is 18.5 Å². The van der Waals surface area contributed by atoms with Gasteiger partial charge >= 0.3 is 0 Å². The molecule has 2 amide bonds. The van der Waals surface area contributed by atoms with Crippen LogP contribution in [0.2, 0.25) is 5.02 Å². The minimum Gasteiger partial charge on any atom is -0.374 e. The van der Waals surface area contributed by atoms with E-state index in [2.05, 4.69) is 22.9 Å². The van der Waals surface area contributed by atoms with Gasteiger partial charge in [-0.05, 0) is 23.8 Å². The van der Waals surface area contributed by atoms with Gasteiger partial charge in [0.25, 0.3) is 0 Å².